The van der Waals surface area contributed by atoms with Crippen molar-refractivity contribution in [3.8, 4) is 35.8 Å². The molecule has 0 aliphatic carbocycles. The number of hydrogen-bond donors (Lipinski definition) is 0. The predicted molar refractivity (Wildman–Crippen MR) is 293 cm³/mol. The Bertz CT molecular complexity index is 1950. The predicted octanol–water partition coefficient (Wildman–Crippen LogP) is 17.5. The molecule has 0 atom stereocenters. The highest BCUT2D eigenvalue weighted by Crippen LogP contribution is 2.35. The molecule has 0 aliphatic heterocycles. The van der Waals surface area contributed by atoms with E-state index in [-0.39, 0.29) is 67.8 Å². The topological polar surface area (TPSA) is 176 Å². The molecule has 0 amide bonds. The maximum absolute atomic E-state index is 10.3. The SMILES string of the molecule is CCCCCCCCCCCCCCCOc1nc2c(nc1C#N)c1nc(OCCCCCCCCCCCCCCC)c(C#N)nc1c1nc(OCCCCCCCCCCCCCCC)c(C#N)nc21. The first kappa shape index (κ1) is 59.7. The summed E-state index contributed by atoms with van der Waals surface area (Å²) in [6.45, 7) is 7.94. The van der Waals surface area contributed by atoms with Gasteiger partial charge in [0, 0.05) is 0 Å². The summed E-state index contributed by atoms with van der Waals surface area (Å²) in [4.78, 5) is 28.8. The van der Waals surface area contributed by atoms with Crippen molar-refractivity contribution in [1.82, 2.24) is 29.9 Å². The zero-order chi connectivity index (χ0) is 51.1. The van der Waals surface area contributed by atoms with E-state index in [0.29, 0.717) is 19.8 Å². The first-order valence-electron chi connectivity index (χ1n) is 29.5. The Kier molecular flexibility index (Phi) is 32.1. The van der Waals surface area contributed by atoms with E-state index in [2.05, 4.69) is 39.0 Å². The number of nitriles is 3. The number of rotatable bonds is 45. The lowest BCUT2D eigenvalue weighted by molar-refractivity contribution is 0.291. The third kappa shape index (κ3) is 22.5. The largest absolute Gasteiger partial charge is 0.476 e. The van der Waals surface area contributed by atoms with Crippen LogP contribution in [0.2, 0.25) is 0 Å². The summed E-state index contributed by atoms with van der Waals surface area (Å²) in [7, 11) is 0. The summed E-state index contributed by atoms with van der Waals surface area (Å²) >= 11 is 0. The lowest BCUT2D eigenvalue weighted by Crippen LogP contribution is -2.08. The first-order chi connectivity index (χ1) is 35.6. The van der Waals surface area contributed by atoms with Gasteiger partial charge < -0.3 is 14.2 Å². The molecule has 4 aromatic rings. The molecule has 0 aliphatic rings. The smallest absolute Gasteiger partial charge is 0.251 e. The minimum Gasteiger partial charge on any atom is -0.476 e. The molecule has 3 heterocycles. The lowest BCUT2D eigenvalue weighted by Gasteiger charge is -2.14. The van der Waals surface area contributed by atoms with Crippen molar-refractivity contribution < 1.29 is 14.2 Å². The average molecular weight is 988 g/mol. The fourth-order valence-corrected chi connectivity index (χ4v) is 9.64. The van der Waals surface area contributed by atoms with Crippen molar-refractivity contribution in [1.29, 1.82) is 15.8 Å². The van der Waals surface area contributed by atoms with Gasteiger partial charge in [-0.05, 0) is 19.3 Å². The van der Waals surface area contributed by atoms with Crippen molar-refractivity contribution in [2.24, 2.45) is 0 Å². The molecule has 0 radical (unpaired) electrons. The van der Waals surface area contributed by atoms with Crippen LogP contribution >= 0.6 is 0 Å². The zero-order valence-corrected chi connectivity index (χ0v) is 45.4. The summed E-state index contributed by atoms with van der Waals surface area (Å²) in [5.41, 5.74) is 1.54. The number of nitrogens with zero attached hydrogens (tertiary/aromatic N) is 9. The van der Waals surface area contributed by atoms with Gasteiger partial charge in [0.15, 0.2) is 0 Å². The molecule has 396 valence electrons. The Labute approximate surface area is 435 Å². The van der Waals surface area contributed by atoms with E-state index in [9.17, 15) is 15.8 Å². The number of hydrogen-bond acceptors (Lipinski definition) is 12. The number of unbranched alkanes of at least 4 members (excludes halogenated alkanes) is 36. The van der Waals surface area contributed by atoms with Gasteiger partial charge in [-0.1, -0.05) is 252 Å². The molecule has 1 aromatic carbocycles. The summed E-state index contributed by atoms with van der Waals surface area (Å²) in [6.07, 6.45) is 48.4. The van der Waals surface area contributed by atoms with E-state index < -0.39 is 0 Å². The minimum atomic E-state index is 0.00432. The standard InChI is InChI=1S/C60H93N9O3/c1-4-7-10-13-16-19-22-25-28-31-34-37-40-43-70-58-49(46-61)64-52-55(67-58)53-57(69-59(50(47-62)65-53)71-44-41-38-35-32-29-26-23-20-17-14-11-8-5-2)54-56(52)68-60(51(48-63)66-54)72-45-42-39-36-33-30-27-24-21-18-15-12-9-6-3/h4-45H2,1-3H3. The van der Waals surface area contributed by atoms with E-state index in [1.807, 2.05) is 0 Å². The van der Waals surface area contributed by atoms with E-state index >= 15 is 0 Å². The van der Waals surface area contributed by atoms with E-state index in [1.54, 1.807) is 0 Å². The van der Waals surface area contributed by atoms with Gasteiger partial charge in [-0.25, -0.2) is 29.9 Å². The fraction of sp³-hybridized carbons (Fsp3) is 0.750. The normalized spacial score (nSPS) is 11.3. The fourth-order valence-electron chi connectivity index (χ4n) is 9.64. The van der Waals surface area contributed by atoms with Gasteiger partial charge in [0.05, 0.1) is 19.8 Å². The molecule has 0 bridgehead atoms. The molecule has 72 heavy (non-hydrogen) atoms. The van der Waals surface area contributed by atoms with Gasteiger partial charge in [0.25, 0.3) is 17.6 Å². The summed E-state index contributed by atoms with van der Waals surface area (Å²) in [5, 5.41) is 31.0. The third-order valence-corrected chi connectivity index (χ3v) is 14.0. The van der Waals surface area contributed by atoms with Crippen molar-refractivity contribution >= 4 is 33.1 Å². The molecule has 0 N–H and O–H groups in total. The van der Waals surface area contributed by atoms with Crippen LogP contribution in [0.5, 0.6) is 17.6 Å². The van der Waals surface area contributed by atoms with Crippen LogP contribution in [-0.2, 0) is 0 Å². The van der Waals surface area contributed by atoms with Crippen LogP contribution in [0.3, 0.4) is 0 Å². The van der Waals surface area contributed by atoms with Gasteiger partial charge in [-0.15, -0.1) is 0 Å². The minimum absolute atomic E-state index is 0.00432. The second kappa shape index (κ2) is 38.7. The van der Waals surface area contributed by atoms with Gasteiger partial charge in [-0.2, -0.15) is 15.8 Å². The van der Waals surface area contributed by atoms with Gasteiger partial charge in [0.2, 0.25) is 17.1 Å². The number of aromatic nitrogens is 6. The van der Waals surface area contributed by atoms with Gasteiger partial charge in [-0.3, -0.25) is 0 Å². The van der Waals surface area contributed by atoms with E-state index in [1.165, 1.54) is 193 Å². The van der Waals surface area contributed by atoms with Crippen molar-refractivity contribution in [3.05, 3.63) is 17.1 Å². The van der Waals surface area contributed by atoms with Crippen LogP contribution in [-0.4, -0.2) is 49.7 Å². The monoisotopic (exact) mass is 988 g/mol. The Balaban J connectivity index is 1.44. The highest BCUT2D eigenvalue weighted by Gasteiger charge is 2.24. The second-order valence-corrected chi connectivity index (χ2v) is 20.3. The van der Waals surface area contributed by atoms with E-state index in [4.69, 9.17) is 44.1 Å². The number of ether oxygens (including phenoxy) is 3. The Morgan fingerprint density at radius 2 is 0.417 bits per heavy atom. The third-order valence-electron chi connectivity index (χ3n) is 14.0. The van der Waals surface area contributed by atoms with Crippen LogP contribution in [0, 0.1) is 34.0 Å². The highest BCUT2D eigenvalue weighted by atomic mass is 16.5. The molecule has 0 unspecified atom stereocenters. The molecule has 12 nitrogen and oxygen atoms in total. The average Bonchev–Trinajstić information content (AvgIpc) is 3.40. The van der Waals surface area contributed by atoms with Crippen molar-refractivity contribution in [2.45, 2.75) is 271 Å². The molecule has 4 rings (SSSR count). The first-order valence-corrected chi connectivity index (χ1v) is 29.5. The quantitative estimate of drug-likeness (QED) is 0.0303. The summed E-state index contributed by atoms with van der Waals surface area (Å²) in [5.74, 6) is 0.273. The highest BCUT2D eigenvalue weighted by molar-refractivity contribution is 6.18. The van der Waals surface area contributed by atoms with Crippen LogP contribution in [0.4, 0.5) is 0 Å². The Hall–Kier alpha value is -4.89. The van der Waals surface area contributed by atoms with Crippen LogP contribution in [0.25, 0.3) is 33.1 Å². The molecular formula is C60H93N9O3. The van der Waals surface area contributed by atoms with Crippen molar-refractivity contribution in [3.63, 3.8) is 0 Å². The van der Waals surface area contributed by atoms with Crippen LogP contribution in [0.15, 0.2) is 0 Å². The molecule has 0 saturated carbocycles. The second-order valence-electron chi connectivity index (χ2n) is 20.3. The van der Waals surface area contributed by atoms with E-state index in [0.717, 1.165) is 57.8 Å². The number of benzene rings is 1. The molecule has 12 heteroatoms. The van der Waals surface area contributed by atoms with Crippen LogP contribution < -0.4 is 14.2 Å². The summed E-state index contributed by atoms with van der Waals surface area (Å²) < 4.78 is 18.5. The number of fused-ring (bicyclic) bond motifs is 6. The van der Waals surface area contributed by atoms with Gasteiger partial charge >= 0.3 is 0 Å². The molecule has 0 spiro atoms. The molecular weight excluding hydrogens is 895 g/mol. The lowest BCUT2D eigenvalue weighted by atomic mass is 10.0. The molecule has 3 aromatic heterocycles. The maximum atomic E-state index is 10.3. The Morgan fingerprint density at radius 3 is 0.597 bits per heavy atom. The molecule has 0 fully saturated rings. The molecule has 0 saturated heterocycles. The summed E-state index contributed by atoms with van der Waals surface area (Å²) in [6, 6.07) is 6.52. The Morgan fingerprint density at radius 1 is 0.250 bits per heavy atom. The zero-order valence-electron chi connectivity index (χ0n) is 45.4. The maximum Gasteiger partial charge on any atom is 0.251 e. The van der Waals surface area contributed by atoms with Crippen LogP contribution in [0.1, 0.15) is 288 Å². The van der Waals surface area contributed by atoms with Gasteiger partial charge in [0.1, 0.15) is 51.3 Å². The van der Waals surface area contributed by atoms with Crippen molar-refractivity contribution in [2.75, 3.05) is 19.8 Å².